The van der Waals surface area contributed by atoms with E-state index in [0.717, 1.165) is 0 Å². The first kappa shape index (κ1) is 38.8. The second-order valence-corrected chi connectivity index (χ2v) is 14.3. The van der Waals surface area contributed by atoms with Crippen molar-refractivity contribution in [1.82, 2.24) is 0 Å². The lowest BCUT2D eigenvalue weighted by atomic mass is 9.36. The first-order valence-electron chi connectivity index (χ1n) is 15.0. The van der Waals surface area contributed by atoms with Gasteiger partial charge < -0.3 is 0 Å². The molecule has 0 nitrogen and oxygen atoms in total. The Morgan fingerprint density at radius 3 is 0.769 bits per heavy atom. The van der Waals surface area contributed by atoms with Crippen LogP contribution in [0.15, 0.2) is 24.3 Å². The third-order valence-corrected chi connectivity index (χ3v) is 11.7. The van der Waals surface area contributed by atoms with Gasteiger partial charge in [-0.15, -0.1) is 0 Å². The summed E-state index contributed by atoms with van der Waals surface area (Å²) < 4.78 is 213. The second-order valence-electron chi connectivity index (χ2n) is 12.2. The van der Waals surface area contributed by atoms with Crippen molar-refractivity contribution in [1.29, 1.82) is 0 Å². The van der Waals surface area contributed by atoms with E-state index in [-0.39, 0.29) is 10.6 Å². The SMILES string of the molecule is Cc1cc(C)c(P(c2c(C)cc(C)cc2C)c2c(F)c(F)c(B(c3c(F)c(F)c(F)c(F)c3F)c3c(F)c(F)c(F)c(F)c3F)c(F)c2F)c(C)c1. The van der Waals surface area contributed by atoms with Gasteiger partial charge in [-0.05, 0) is 82.3 Å². The van der Waals surface area contributed by atoms with E-state index in [1.54, 1.807) is 65.8 Å². The number of hydrogen-bond donors (Lipinski definition) is 0. The zero-order valence-electron chi connectivity index (χ0n) is 27.6. The molecular formula is C36H22BF14P. The number of hydrogen-bond acceptors (Lipinski definition) is 0. The van der Waals surface area contributed by atoms with E-state index in [1.165, 1.54) is 0 Å². The molecule has 0 atom stereocenters. The van der Waals surface area contributed by atoms with Gasteiger partial charge >= 0.3 is 0 Å². The van der Waals surface area contributed by atoms with Gasteiger partial charge in [0.25, 0.3) is 6.71 Å². The first-order chi connectivity index (χ1) is 24.1. The third kappa shape index (κ3) is 5.94. The van der Waals surface area contributed by atoms with Crippen molar-refractivity contribution in [3.8, 4) is 0 Å². The largest absolute Gasteiger partial charge is 0.265 e. The normalized spacial score (nSPS) is 11.6. The molecule has 0 heterocycles. The lowest BCUT2D eigenvalue weighted by molar-refractivity contribution is 0.382. The molecule has 0 saturated carbocycles. The summed E-state index contributed by atoms with van der Waals surface area (Å²) in [6.45, 7) is 5.69. The van der Waals surface area contributed by atoms with E-state index in [1.807, 2.05) is 0 Å². The van der Waals surface area contributed by atoms with Gasteiger partial charge in [0.2, 0.25) is 0 Å². The van der Waals surface area contributed by atoms with Crippen LogP contribution in [0.4, 0.5) is 61.5 Å². The topological polar surface area (TPSA) is 0 Å². The summed E-state index contributed by atoms with van der Waals surface area (Å²) in [5, 5.41) is -0.945. The standard InChI is InChI=1S/C36H22BF14P/c1-11-7-13(3)34(14(4)8-11)52(35-15(5)9-12(2)10-16(35)6)36-32(50)24(42)19(25(43)33(36)51)37(17-20(38)26(44)30(48)27(45)21(17)39)18-22(40)28(46)31(49)29(47)23(18)41/h7-10H,1-6H3. The zero-order valence-corrected chi connectivity index (χ0v) is 28.5. The molecule has 0 unspecified atom stereocenters. The van der Waals surface area contributed by atoms with Crippen LogP contribution in [0.5, 0.6) is 0 Å². The highest BCUT2D eigenvalue weighted by atomic mass is 31.1. The second kappa shape index (κ2) is 13.9. The summed E-state index contributed by atoms with van der Waals surface area (Å²) in [5.74, 6) is -39.5. The Balaban J connectivity index is 2.01. The minimum absolute atomic E-state index is 0.191. The smallest absolute Gasteiger partial charge is 0.204 e. The summed E-state index contributed by atoms with van der Waals surface area (Å²) in [7, 11) is -2.69. The number of benzene rings is 5. The molecule has 0 aliphatic heterocycles. The molecule has 0 saturated heterocycles. The molecule has 0 aliphatic rings. The van der Waals surface area contributed by atoms with Crippen molar-refractivity contribution in [2.75, 3.05) is 0 Å². The highest BCUT2D eigenvalue weighted by molar-refractivity contribution is 7.80. The van der Waals surface area contributed by atoms with Gasteiger partial charge in [0.15, 0.2) is 81.4 Å². The molecule has 0 fully saturated rings. The van der Waals surface area contributed by atoms with Crippen LogP contribution in [0.1, 0.15) is 33.4 Å². The molecule has 0 bridgehead atoms. The van der Waals surface area contributed by atoms with Crippen LogP contribution in [-0.4, -0.2) is 6.71 Å². The van der Waals surface area contributed by atoms with E-state index in [9.17, 15) is 26.3 Å². The Hall–Kier alpha value is -4.39. The highest BCUT2D eigenvalue weighted by Gasteiger charge is 2.46. The molecule has 5 aromatic rings. The van der Waals surface area contributed by atoms with Crippen molar-refractivity contribution in [2.24, 2.45) is 0 Å². The van der Waals surface area contributed by atoms with E-state index < -0.39 is 118 Å². The monoisotopic (exact) mass is 762 g/mol. The van der Waals surface area contributed by atoms with E-state index in [0.29, 0.717) is 33.4 Å². The van der Waals surface area contributed by atoms with Crippen LogP contribution in [0.2, 0.25) is 0 Å². The van der Waals surface area contributed by atoms with Gasteiger partial charge in [-0.3, -0.25) is 0 Å². The number of aryl methyl sites for hydroxylation is 6. The summed E-state index contributed by atoms with van der Waals surface area (Å²) in [5.41, 5.74) is -4.63. The van der Waals surface area contributed by atoms with Crippen molar-refractivity contribution >= 4 is 46.9 Å². The van der Waals surface area contributed by atoms with Crippen molar-refractivity contribution in [3.63, 3.8) is 0 Å². The molecule has 16 heteroatoms. The summed E-state index contributed by atoms with van der Waals surface area (Å²) in [6, 6.07) is 6.43. The fraction of sp³-hybridized carbons (Fsp3) is 0.167. The van der Waals surface area contributed by atoms with Crippen LogP contribution in [0.3, 0.4) is 0 Å². The molecule has 272 valence electrons. The Kier molecular flexibility index (Phi) is 10.4. The fourth-order valence-corrected chi connectivity index (χ4v) is 9.58. The molecule has 0 radical (unpaired) electrons. The van der Waals surface area contributed by atoms with Crippen LogP contribution in [0.25, 0.3) is 0 Å². The molecule has 0 amide bonds. The van der Waals surface area contributed by atoms with Crippen LogP contribution < -0.4 is 32.3 Å². The van der Waals surface area contributed by atoms with Crippen molar-refractivity contribution < 1.29 is 61.5 Å². The highest BCUT2D eigenvalue weighted by Crippen LogP contribution is 2.41. The average molecular weight is 762 g/mol. The minimum Gasteiger partial charge on any atom is -0.204 e. The predicted octanol–water partition coefficient (Wildman–Crippen LogP) is 7.76. The third-order valence-electron chi connectivity index (χ3n) is 8.57. The van der Waals surface area contributed by atoms with Crippen LogP contribution >= 0.6 is 7.92 Å². The van der Waals surface area contributed by atoms with Gasteiger partial charge in [0.05, 0.1) is 5.30 Å². The molecule has 0 N–H and O–H groups in total. The van der Waals surface area contributed by atoms with Gasteiger partial charge in [-0.25, -0.2) is 61.5 Å². The molecule has 5 rings (SSSR count). The van der Waals surface area contributed by atoms with Gasteiger partial charge in [0.1, 0.15) is 0 Å². The maximum Gasteiger partial charge on any atom is 0.265 e. The molecule has 5 aromatic carbocycles. The first-order valence-corrected chi connectivity index (χ1v) is 16.3. The Bertz CT molecular complexity index is 2080. The van der Waals surface area contributed by atoms with Gasteiger partial charge in [0, 0.05) is 16.4 Å². The summed E-state index contributed by atoms with van der Waals surface area (Å²) >= 11 is 0. The molecular weight excluding hydrogens is 740 g/mol. The Labute approximate surface area is 288 Å². The molecule has 0 aliphatic carbocycles. The van der Waals surface area contributed by atoms with Crippen LogP contribution in [-0.2, 0) is 0 Å². The van der Waals surface area contributed by atoms with Crippen molar-refractivity contribution in [2.45, 2.75) is 41.5 Å². The minimum atomic E-state index is -3.89. The Morgan fingerprint density at radius 1 is 0.308 bits per heavy atom. The van der Waals surface area contributed by atoms with Gasteiger partial charge in [-0.2, -0.15) is 0 Å². The van der Waals surface area contributed by atoms with E-state index in [4.69, 9.17) is 0 Å². The lowest BCUT2D eigenvalue weighted by Crippen LogP contribution is -2.61. The maximum absolute atomic E-state index is 16.7. The lowest BCUT2D eigenvalue weighted by Gasteiger charge is -2.29. The van der Waals surface area contributed by atoms with Crippen LogP contribution in [0, 0.1) is 123 Å². The van der Waals surface area contributed by atoms with Crippen molar-refractivity contribution in [3.05, 3.63) is 139 Å². The molecule has 0 spiro atoms. The van der Waals surface area contributed by atoms with Gasteiger partial charge in [-0.1, -0.05) is 35.4 Å². The predicted molar refractivity (Wildman–Crippen MR) is 171 cm³/mol. The number of rotatable bonds is 6. The van der Waals surface area contributed by atoms with E-state index >= 15 is 35.1 Å². The number of halogens is 14. The molecule has 0 aromatic heterocycles. The fourth-order valence-electron chi connectivity index (χ4n) is 6.66. The quantitative estimate of drug-likeness (QED) is 0.0546. The summed E-state index contributed by atoms with van der Waals surface area (Å²) in [4.78, 5) is 0. The maximum atomic E-state index is 16.7. The molecule has 52 heavy (non-hydrogen) atoms. The average Bonchev–Trinajstić information content (AvgIpc) is 3.06. The van der Waals surface area contributed by atoms with E-state index in [2.05, 4.69) is 0 Å². The zero-order chi connectivity index (χ0) is 39.0. The Morgan fingerprint density at radius 2 is 0.519 bits per heavy atom. The summed E-state index contributed by atoms with van der Waals surface area (Å²) in [6.07, 6.45) is 0.